The number of halogens is 1. The molecule has 9 heteroatoms. The number of pyridine rings is 1. The summed E-state index contributed by atoms with van der Waals surface area (Å²) in [6.45, 7) is 2.53. The van der Waals surface area contributed by atoms with Gasteiger partial charge in [-0.05, 0) is 30.0 Å². The summed E-state index contributed by atoms with van der Waals surface area (Å²) in [6, 6.07) is 3.19. The Morgan fingerprint density at radius 2 is 2.23 bits per heavy atom. The minimum absolute atomic E-state index is 0.234. The van der Waals surface area contributed by atoms with E-state index in [2.05, 4.69) is 20.3 Å². The molecule has 0 radical (unpaired) electrons. The van der Waals surface area contributed by atoms with Crippen molar-refractivity contribution in [2.24, 2.45) is 0 Å². The third kappa shape index (κ3) is 3.23. The van der Waals surface area contributed by atoms with Crippen LogP contribution in [0.25, 0.3) is 10.2 Å². The van der Waals surface area contributed by atoms with Crippen LogP contribution in [0.4, 0.5) is 10.3 Å². The molecule has 0 aliphatic carbocycles. The van der Waals surface area contributed by atoms with Gasteiger partial charge in [0.05, 0.1) is 35.1 Å². The van der Waals surface area contributed by atoms with E-state index < -0.39 is 11.4 Å². The van der Waals surface area contributed by atoms with Crippen molar-refractivity contribution in [2.75, 3.05) is 18.4 Å². The monoisotopic (exact) mass is 373 g/mol. The van der Waals surface area contributed by atoms with Crippen LogP contribution >= 0.6 is 11.3 Å². The predicted molar refractivity (Wildman–Crippen MR) is 95.5 cm³/mol. The second kappa shape index (κ2) is 6.26. The molecule has 2 N–H and O–H groups in total. The Kier molecular flexibility index (Phi) is 4.04. The van der Waals surface area contributed by atoms with Crippen LogP contribution in [0.3, 0.4) is 0 Å². The zero-order valence-corrected chi connectivity index (χ0v) is 14.8. The van der Waals surface area contributed by atoms with Crippen LogP contribution in [0.5, 0.6) is 0 Å². The SMILES string of the molecule is CC1(O)CN(C(=O)c2nc(NCc3cncc(F)c3)nc3ccsc23)C1. The number of hydrogen-bond donors (Lipinski definition) is 2. The number of β-amino-alcohol motifs (C(OH)–C–C–N with tert-alkyl or cyclic N) is 1. The van der Waals surface area contributed by atoms with Crippen LogP contribution in [0, 0.1) is 5.82 Å². The average Bonchev–Trinajstić information content (AvgIpc) is 3.05. The summed E-state index contributed by atoms with van der Waals surface area (Å²) >= 11 is 1.40. The van der Waals surface area contributed by atoms with E-state index in [9.17, 15) is 14.3 Å². The lowest BCUT2D eigenvalue weighted by Gasteiger charge is -2.43. The van der Waals surface area contributed by atoms with Gasteiger partial charge in [-0.3, -0.25) is 9.78 Å². The van der Waals surface area contributed by atoms with Crippen molar-refractivity contribution in [3.63, 3.8) is 0 Å². The van der Waals surface area contributed by atoms with E-state index in [1.807, 2.05) is 11.4 Å². The van der Waals surface area contributed by atoms with Gasteiger partial charge in [0.25, 0.3) is 5.91 Å². The molecule has 1 amide bonds. The molecule has 3 aromatic heterocycles. The number of fused-ring (bicyclic) bond motifs is 1. The van der Waals surface area contributed by atoms with Gasteiger partial charge in [-0.15, -0.1) is 11.3 Å². The molecule has 134 valence electrons. The number of likely N-dealkylation sites (tertiary alicyclic amines) is 1. The molecule has 0 unspecified atom stereocenters. The third-order valence-electron chi connectivity index (χ3n) is 4.07. The first-order chi connectivity index (χ1) is 12.4. The van der Waals surface area contributed by atoms with Gasteiger partial charge in [0, 0.05) is 12.7 Å². The zero-order chi connectivity index (χ0) is 18.3. The highest BCUT2D eigenvalue weighted by atomic mass is 32.1. The number of nitrogens with one attached hydrogen (secondary N) is 1. The molecule has 1 aliphatic heterocycles. The number of carbonyl (C=O) groups excluding carboxylic acids is 1. The van der Waals surface area contributed by atoms with Gasteiger partial charge in [0.15, 0.2) is 5.69 Å². The van der Waals surface area contributed by atoms with Crippen LogP contribution in [0.2, 0.25) is 0 Å². The van der Waals surface area contributed by atoms with Gasteiger partial charge in [-0.1, -0.05) is 0 Å². The van der Waals surface area contributed by atoms with E-state index in [0.717, 1.165) is 6.20 Å². The molecule has 4 heterocycles. The second-order valence-electron chi connectivity index (χ2n) is 6.55. The number of amides is 1. The standard InChI is InChI=1S/C17H16FN5O2S/c1-17(25)8-23(9-17)15(24)13-14-12(2-3-26-14)21-16(22-13)20-6-10-4-11(18)7-19-5-10/h2-5,7,25H,6,8-9H2,1H3,(H,20,21,22). The van der Waals surface area contributed by atoms with Gasteiger partial charge < -0.3 is 15.3 Å². The Balaban J connectivity index is 1.59. The van der Waals surface area contributed by atoms with Crippen molar-refractivity contribution in [3.8, 4) is 0 Å². The highest BCUT2D eigenvalue weighted by Crippen LogP contribution is 2.28. The van der Waals surface area contributed by atoms with E-state index in [-0.39, 0.29) is 31.5 Å². The molecule has 7 nitrogen and oxygen atoms in total. The maximum absolute atomic E-state index is 13.2. The van der Waals surface area contributed by atoms with Crippen molar-refractivity contribution in [1.29, 1.82) is 0 Å². The lowest BCUT2D eigenvalue weighted by Crippen LogP contribution is -2.61. The van der Waals surface area contributed by atoms with Crippen LogP contribution < -0.4 is 5.32 Å². The van der Waals surface area contributed by atoms with E-state index in [1.54, 1.807) is 18.0 Å². The number of carbonyl (C=O) groups is 1. The third-order valence-corrected chi connectivity index (χ3v) is 4.98. The minimum atomic E-state index is -0.845. The van der Waals surface area contributed by atoms with Crippen LogP contribution in [0.15, 0.2) is 29.9 Å². The molecule has 1 saturated heterocycles. The first-order valence-corrected chi connectivity index (χ1v) is 8.89. The quantitative estimate of drug-likeness (QED) is 0.727. The number of thiophene rings is 1. The highest BCUT2D eigenvalue weighted by Gasteiger charge is 2.40. The summed E-state index contributed by atoms with van der Waals surface area (Å²) in [7, 11) is 0. The predicted octanol–water partition coefficient (Wildman–Crippen LogP) is 2.04. The van der Waals surface area contributed by atoms with Crippen molar-refractivity contribution in [1.82, 2.24) is 19.9 Å². The molecule has 3 aromatic rings. The largest absolute Gasteiger partial charge is 0.386 e. The van der Waals surface area contributed by atoms with Gasteiger partial charge >= 0.3 is 0 Å². The summed E-state index contributed by atoms with van der Waals surface area (Å²) in [4.78, 5) is 26.9. The molecule has 0 spiro atoms. The van der Waals surface area contributed by atoms with E-state index in [0.29, 0.717) is 21.5 Å². The first kappa shape index (κ1) is 16.8. The summed E-state index contributed by atoms with van der Waals surface area (Å²) in [5.74, 6) is -0.364. The van der Waals surface area contributed by atoms with Crippen LogP contribution in [-0.4, -0.2) is 49.6 Å². The Bertz CT molecular complexity index is 982. The minimum Gasteiger partial charge on any atom is -0.386 e. The van der Waals surface area contributed by atoms with Crippen molar-refractivity contribution in [2.45, 2.75) is 19.1 Å². The number of anilines is 1. The number of rotatable bonds is 4. The van der Waals surface area contributed by atoms with Crippen molar-refractivity contribution >= 4 is 33.4 Å². The Hall–Kier alpha value is -2.65. The molecular weight excluding hydrogens is 357 g/mol. The molecule has 0 atom stereocenters. The first-order valence-electron chi connectivity index (χ1n) is 8.01. The highest BCUT2D eigenvalue weighted by molar-refractivity contribution is 7.17. The smallest absolute Gasteiger partial charge is 0.274 e. The maximum Gasteiger partial charge on any atom is 0.274 e. The van der Waals surface area contributed by atoms with Gasteiger partial charge in [0.1, 0.15) is 5.82 Å². The molecule has 0 bridgehead atoms. The van der Waals surface area contributed by atoms with Crippen LogP contribution in [0.1, 0.15) is 23.0 Å². The lowest BCUT2D eigenvalue weighted by atomic mass is 9.96. The number of aliphatic hydroxyl groups is 1. The number of hydrogen-bond acceptors (Lipinski definition) is 7. The molecule has 0 saturated carbocycles. The van der Waals surface area contributed by atoms with Crippen LogP contribution in [-0.2, 0) is 6.54 Å². The molecule has 1 aliphatic rings. The van der Waals surface area contributed by atoms with E-state index in [1.165, 1.54) is 17.4 Å². The Morgan fingerprint density at radius 3 is 2.96 bits per heavy atom. The van der Waals surface area contributed by atoms with Crippen molar-refractivity contribution in [3.05, 3.63) is 47.0 Å². The zero-order valence-electron chi connectivity index (χ0n) is 13.9. The van der Waals surface area contributed by atoms with E-state index in [4.69, 9.17) is 0 Å². The molecule has 26 heavy (non-hydrogen) atoms. The maximum atomic E-state index is 13.2. The fourth-order valence-electron chi connectivity index (χ4n) is 2.89. The summed E-state index contributed by atoms with van der Waals surface area (Å²) in [6.07, 6.45) is 2.68. The number of aromatic nitrogens is 3. The Labute approximate surface area is 152 Å². The lowest BCUT2D eigenvalue weighted by molar-refractivity contribution is -0.0669. The molecule has 4 rings (SSSR count). The van der Waals surface area contributed by atoms with Crippen molar-refractivity contribution < 1.29 is 14.3 Å². The normalized spacial score (nSPS) is 15.7. The topological polar surface area (TPSA) is 91.2 Å². The van der Waals surface area contributed by atoms with E-state index >= 15 is 0 Å². The molecular formula is C17H16FN5O2S. The van der Waals surface area contributed by atoms with Gasteiger partial charge in [0.2, 0.25) is 5.95 Å². The Morgan fingerprint density at radius 1 is 1.42 bits per heavy atom. The summed E-state index contributed by atoms with van der Waals surface area (Å²) in [5.41, 5.74) is 0.773. The molecule has 0 aromatic carbocycles. The fraction of sp³-hybridized carbons (Fsp3) is 0.294. The summed E-state index contributed by atoms with van der Waals surface area (Å²) in [5, 5.41) is 14.7. The van der Waals surface area contributed by atoms with Gasteiger partial charge in [-0.2, -0.15) is 0 Å². The second-order valence-corrected chi connectivity index (χ2v) is 7.47. The average molecular weight is 373 g/mol. The molecule has 1 fully saturated rings. The van der Waals surface area contributed by atoms with Gasteiger partial charge in [-0.25, -0.2) is 14.4 Å². The summed E-state index contributed by atoms with van der Waals surface area (Å²) < 4.78 is 13.9. The number of nitrogens with zero attached hydrogens (tertiary/aromatic N) is 4. The fourth-order valence-corrected chi connectivity index (χ4v) is 3.70.